The largest absolute Gasteiger partial charge is 0.393 e. The highest BCUT2D eigenvalue weighted by Crippen LogP contribution is 2.06. The maximum atomic E-state index is 9.16. The number of nitrogens with one attached hydrogen (secondary N) is 1. The number of hydrogen-bond acceptors (Lipinski definition) is 6. The Morgan fingerprint density at radius 3 is 2.82 bits per heavy atom. The van der Waals surface area contributed by atoms with Crippen LogP contribution in [0.1, 0.15) is 0 Å². The van der Waals surface area contributed by atoms with E-state index in [1.807, 2.05) is 5.64 Å². The second kappa shape index (κ2) is 3.96. The molecule has 66 valence electrons. The van der Waals surface area contributed by atoms with Crippen LogP contribution < -0.4 is 5.64 Å². The molecule has 11 heavy (non-hydrogen) atoms. The van der Waals surface area contributed by atoms with E-state index in [9.17, 15) is 0 Å². The molecule has 0 spiro atoms. The van der Waals surface area contributed by atoms with E-state index in [0.717, 1.165) is 0 Å². The molecule has 0 radical (unpaired) electrons. The fourth-order valence-electron chi connectivity index (χ4n) is 0.777. The Kier molecular flexibility index (Phi) is 3.18. The lowest BCUT2D eigenvalue weighted by Gasteiger charge is -2.18. The van der Waals surface area contributed by atoms with Gasteiger partial charge in [-0.25, -0.2) is 0 Å². The summed E-state index contributed by atoms with van der Waals surface area (Å²) in [6.45, 7) is -0.452. The van der Waals surface area contributed by atoms with Crippen molar-refractivity contribution in [2.24, 2.45) is 0 Å². The summed E-state index contributed by atoms with van der Waals surface area (Å²) in [6, 6.07) is 0. The minimum atomic E-state index is -1.13. The minimum absolute atomic E-state index is 0.0718. The summed E-state index contributed by atoms with van der Waals surface area (Å²) in [5.41, 5.74) is 2.03. The van der Waals surface area contributed by atoms with Crippen LogP contribution in [0.3, 0.4) is 0 Å². The third-order valence-electron chi connectivity index (χ3n) is 1.47. The second-order valence-corrected chi connectivity index (χ2v) is 2.29. The highest BCUT2D eigenvalue weighted by atomic mass is 16.9. The van der Waals surface area contributed by atoms with Gasteiger partial charge in [0.1, 0.15) is 18.3 Å². The van der Waals surface area contributed by atoms with Crippen molar-refractivity contribution in [2.75, 3.05) is 13.2 Å². The molecule has 1 saturated heterocycles. The zero-order valence-electron chi connectivity index (χ0n) is 5.80. The van der Waals surface area contributed by atoms with Gasteiger partial charge in [0.15, 0.2) is 0 Å². The predicted octanol–water partition coefficient (Wildman–Crippen LogP) is -2.46. The number of aliphatic hydroxyl groups excluding tert-OH is 3. The lowest BCUT2D eigenvalue weighted by Crippen LogP contribution is -2.41. The van der Waals surface area contributed by atoms with E-state index >= 15 is 0 Å². The molecule has 1 fully saturated rings. The molecule has 6 nitrogen and oxygen atoms in total. The van der Waals surface area contributed by atoms with E-state index in [0.29, 0.717) is 0 Å². The maximum absolute atomic E-state index is 9.16. The van der Waals surface area contributed by atoms with Gasteiger partial charge in [-0.2, -0.15) is 0 Å². The van der Waals surface area contributed by atoms with Crippen molar-refractivity contribution < 1.29 is 25.0 Å². The summed E-state index contributed by atoms with van der Waals surface area (Å²) in [4.78, 5) is 9.12. The van der Waals surface area contributed by atoms with Crippen molar-refractivity contribution in [1.29, 1.82) is 0 Å². The molecule has 0 amide bonds. The zero-order chi connectivity index (χ0) is 8.27. The molecule has 0 aromatic carbocycles. The van der Waals surface area contributed by atoms with Crippen LogP contribution in [0.2, 0.25) is 0 Å². The molecule has 1 aliphatic heterocycles. The van der Waals surface area contributed by atoms with Crippen molar-refractivity contribution in [1.82, 2.24) is 5.64 Å². The number of rotatable bonds is 1. The van der Waals surface area contributed by atoms with Gasteiger partial charge in [-0.3, -0.25) is 9.68 Å². The molecule has 3 atom stereocenters. The Bertz CT molecular complexity index is 121. The van der Waals surface area contributed by atoms with Gasteiger partial charge >= 0.3 is 0 Å². The zero-order valence-corrected chi connectivity index (χ0v) is 5.80. The van der Waals surface area contributed by atoms with Gasteiger partial charge in [0.05, 0.1) is 13.2 Å². The molecular formula is C5H11NO5. The summed E-state index contributed by atoms with van der Waals surface area (Å²) in [7, 11) is 0. The average molecular weight is 165 g/mol. The second-order valence-electron chi connectivity index (χ2n) is 2.29. The maximum Gasteiger partial charge on any atom is 0.133 e. The Balaban J connectivity index is 2.49. The number of aliphatic hydroxyl groups is 3. The van der Waals surface area contributed by atoms with Crippen molar-refractivity contribution in [3.8, 4) is 0 Å². The molecule has 0 bridgehead atoms. The van der Waals surface area contributed by atoms with Gasteiger partial charge in [0, 0.05) is 0 Å². The Morgan fingerprint density at radius 1 is 1.45 bits per heavy atom. The van der Waals surface area contributed by atoms with Crippen LogP contribution in [0.25, 0.3) is 0 Å². The van der Waals surface area contributed by atoms with Gasteiger partial charge in [0.2, 0.25) is 0 Å². The highest BCUT2D eigenvalue weighted by molar-refractivity contribution is 4.76. The third-order valence-corrected chi connectivity index (χ3v) is 1.47. The molecule has 1 rings (SSSR count). The summed E-state index contributed by atoms with van der Waals surface area (Å²) >= 11 is 0. The first-order chi connectivity index (χ1) is 5.25. The molecule has 0 saturated carbocycles. The molecule has 4 N–H and O–H groups in total. The SMILES string of the molecule is OC[C@H]1ONOC[C@@H](O)[C@@H]1O. The van der Waals surface area contributed by atoms with Crippen LogP contribution >= 0.6 is 0 Å². The molecule has 6 heteroatoms. The minimum Gasteiger partial charge on any atom is -0.393 e. The Labute approximate surface area is 63.3 Å². The van der Waals surface area contributed by atoms with E-state index in [1.165, 1.54) is 0 Å². The molecule has 0 aliphatic carbocycles. The summed E-state index contributed by atoms with van der Waals surface area (Å²) in [5.74, 6) is 0. The standard InChI is InChI=1S/C5H11NO5/c7-1-4-5(9)3(8)2-10-6-11-4/h3-9H,1-2H2/t3-,4-,5+/m1/s1. The first kappa shape index (κ1) is 8.85. The van der Waals surface area contributed by atoms with Gasteiger partial charge < -0.3 is 15.3 Å². The molecular weight excluding hydrogens is 154 g/mol. The molecule has 0 aromatic heterocycles. The molecule has 0 aromatic rings. The normalized spacial score (nSPS) is 40.1. The lowest BCUT2D eigenvalue weighted by atomic mass is 10.1. The van der Waals surface area contributed by atoms with Crippen LogP contribution in [0.4, 0.5) is 0 Å². The quantitative estimate of drug-likeness (QED) is 0.344. The van der Waals surface area contributed by atoms with E-state index in [-0.39, 0.29) is 13.2 Å². The Hall–Kier alpha value is -0.240. The first-order valence-corrected chi connectivity index (χ1v) is 3.25. The van der Waals surface area contributed by atoms with E-state index in [2.05, 4.69) is 9.68 Å². The predicted molar refractivity (Wildman–Crippen MR) is 33.1 cm³/mol. The van der Waals surface area contributed by atoms with Gasteiger partial charge in [-0.05, 0) is 0 Å². The van der Waals surface area contributed by atoms with Gasteiger partial charge in [-0.15, -0.1) is 0 Å². The summed E-state index contributed by atoms with van der Waals surface area (Å²) in [5, 5.41) is 26.8. The van der Waals surface area contributed by atoms with Crippen LogP contribution in [-0.2, 0) is 9.68 Å². The fraction of sp³-hybridized carbons (Fsp3) is 1.00. The van der Waals surface area contributed by atoms with Crippen LogP contribution in [-0.4, -0.2) is 46.8 Å². The Morgan fingerprint density at radius 2 is 2.18 bits per heavy atom. The summed E-state index contributed by atoms with van der Waals surface area (Å²) in [6.07, 6.45) is -3.02. The smallest absolute Gasteiger partial charge is 0.133 e. The van der Waals surface area contributed by atoms with E-state index in [4.69, 9.17) is 15.3 Å². The van der Waals surface area contributed by atoms with Crippen LogP contribution in [0, 0.1) is 0 Å². The van der Waals surface area contributed by atoms with Crippen LogP contribution in [0.5, 0.6) is 0 Å². The van der Waals surface area contributed by atoms with Gasteiger partial charge in [-0.1, -0.05) is 5.64 Å². The first-order valence-electron chi connectivity index (χ1n) is 3.25. The molecule has 1 aliphatic rings. The topological polar surface area (TPSA) is 91.2 Å². The van der Waals surface area contributed by atoms with Crippen molar-refractivity contribution in [2.45, 2.75) is 18.3 Å². The van der Waals surface area contributed by atoms with E-state index < -0.39 is 18.3 Å². The molecule has 0 unspecified atom stereocenters. The van der Waals surface area contributed by atoms with Gasteiger partial charge in [0.25, 0.3) is 0 Å². The fourth-order valence-corrected chi connectivity index (χ4v) is 0.777. The average Bonchev–Trinajstić information content (AvgIpc) is 2.16. The highest BCUT2D eigenvalue weighted by Gasteiger charge is 2.29. The van der Waals surface area contributed by atoms with E-state index in [1.54, 1.807) is 0 Å². The molecule has 1 heterocycles. The lowest BCUT2D eigenvalue weighted by molar-refractivity contribution is -0.198. The van der Waals surface area contributed by atoms with Crippen LogP contribution in [0.15, 0.2) is 0 Å². The monoisotopic (exact) mass is 165 g/mol. The van der Waals surface area contributed by atoms with Crippen molar-refractivity contribution >= 4 is 0 Å². The van der Waals surface area contributed by atoms with Crippen molar-refractivity contribution in [3.63, 3.8) is 0 Å². The van der Waals surface area contributed by atoms with Crippen molar-refractivity contribution in [3.05, 3.63) is 0 Å². The summed E-state index contributed by atoms with van der Waals surface area (Å²) < 4.78 is 0. The number of hydrogen-bond donors (Lipinski definition) is 4. The third kappa shape index (κ3) is 2.09.